The maximum Gasteiger partial charge on any atom is 0.0606 e. The van der Waals surface area contributed by atoms with Crippen molar-refractivity contribution in [2.24, 2.45) is 0 Å². The van der Waals surface area contributed by atoms with E-state index in [4.69, 9.17) is 0 Å². The van der Waals surface area contributed by atoms with E-state index >= 15 is 0 Å². The summed E-state index contributed by atoms with van der Waals surface area (Å²) in [5.74, 6) is 0. The quantitative estimate of drug-likeness (QED) is 0.605. The Morgan fingerprint density at radius 3 is 1.54 bits per heavy atom. The number of rotatable bonds is 8. The minimum Gasteiger partial charge on any atom is -0.395 e. The molecule has 2 N–H and O–H groups in total. The number of aryl methyl sites for hydroxylation is 2. The van der Waals surface area contributed by atoms with Gasteiger partial charge in [0, 0.05) is 35.8 Å². The van der Waals surface area contributed by atoms with Crippen molar-refractivity contribution in [2.75, 3.05) is 36.1 Å². The van der Waals surface area contributed by atoms with Crippen molar-refractivity contribution in [1.29, 1.82) is 0 Å². The van der Waals surface area contributed by atoms with E-state index in [-0.39, 0.29) is 13.2 Å². The van der Waals surface area contributed by atoms with Gasteiger partial charge in [-0.2, -0.15) is 0 Å². The first-order valence-electron chi connectivity index (χ1n) is 9.62. The molecule has 0 aliphatic heterocycles. The Balaban J connectivity index is 2.06. The molecule has 4 heteroatoms. The Hall–Kier alpha value is -2.82. The Kier molecular flexibility index (Phi) is 6.69. The first-order valence-corrected chi connectivity index (χ1v) is 9.62. The fourth-order valence-electron chi connectivity index (χ4n) is 3.28. The van der Waals surface area contributed by atoms with Crippen LogP contribution in [0.4, 0.5) is 22.7 Å². The van der Waals surface area contributed by atoms with E-state index in [9.17, 15) is 10.2 Å². The summed E-state index contributed by atoms with van der Waals surface area (Å²) in [5.41, 5.74) is 6.62. The van der Waals surface area contributed by atoms with Gasteiger partial charge in [-0.05, 0) is 56.3 Å². The monoisotopic (exact) mass is 376 g/mol. The van der Waals surface area contributed by atoms with Crippen molar-refractivity contribution in [3.8, 4) is 0 Å². The lowest BCUT2D eigenvalue weighted by Crippen LogP contribution is -2.29. The van der Waals surface area contributed by atoms with Crippen LogP contribution in [-0.2, 0) is 0 Å². The average Bonchev–Trinajstić information content (AvgIpc) is 2.71. The van der Waals surface area contributed by atoms with E-state index in [0.29, 0.717) is 13.1 Å². The van der Waals surface area contributed by atoms with E-state index in [0.717, 1.165) is 22.7 Å². The standard InChI is InChI=1S/C24H28N2O2/c1-19-6-10-21(11-7-19)26(22-12-8-20(2)9-13-22)24-5-3-4-23(18-24)25(14-16-27)15-17-28/h3-13,18,27-28H,14-17H2,1-2H3. The highest BCUT2D eigenvalue weighted by Gasteiger charge is 2.14. The molecule has 0 radical (unpaired) electrons. The molecule has 0 saturated heterocycles. The van der Waals surface area contributed by atoms with Crippen LogP contribution in [0.3, 0.4) is 0 Å². The third kappa shape index (κ3) is 4.71. The minimum atomic E-state index is 0.0455. The maximum atomic E-state index is 9.38. The highest BCUT2D eigenvalue weighted by Crippen LogP contribution is 2.36. The second-order valence-corrected chi connectivity index (χ2v) is 6.96. The Morgan fingerprint density at radius 2 is 1.07 bits per heavy atom. The van der Waals surface area contributed by atoms with E-state index in [2.05, 4.69) is 79.4 Å². The van der Waals surface area contributed by atoms with Crippen LogP contribution in [0.2, 0.25) is 0 Å². The number of nitrogens with zero attached hydrogens (tertiary/aromatic N) is 2. The summed E-state index contributed by atoms with van der Waals surface area (Å²) >= 11 is 0. The summed E-state index contributed by atoms with van der Waals surface area (Å²) in [6, 6.07) is 25.2. The zero-order valence-corrected chi connectivity index (χ0v) is 16.5. The summed E-state index contributed by atoms with van der Waals surface area (Å²) in [5, 5.41) is 18.8. The van der Waals surface area contributed by atoms with Gasteiger partial charge in [0.2, 0.25) is 0 Å². The Morgan fingerprint density at radius 1 is 0.607 bits per heavy atom. The van der Waals surface area contributed by atoms with Crippen LogP contribution in [0.1, 0.15) is 11.1 Å². The summed E-state index contributed by atoms with van der Waals surface area (Å²) < 4.78 is 0. The topological polar surface area (TPSA) is 46.9 Å². The highest BCUT2D eigenvalue weighted by atomic mass is 16.3. The molecule has 146 valence electrons. The van der Waals surface area contributed by atoms with Gasteiger partial charge in [-0.3, -0.25) is 0 Å². The summed E-state index contributed by atoms with van der Waals surface area (Å²) in [7, 11) is 0. The molecule has 0 heterocycles. The molecule has 0 aliphatic carbocycles. The van der Waals surface area contributed by atoms with Crippen molar-refractivity contribution >= 4 is 22.7 Å². The fourth-order valence-corrected chi connectivity index (χ4v) is 3.28. The molecule has 3 aromatic carbocycles. The van der Waals surface area contributed by atoms with E-state index in [1.807, 2.05) is 17.0 Å². The second-order valence-electron chi connectivity index (χ2n) is 6.96. The van der Waals surface area contributed by atoms with Gasteiger partial charge in [-0.15, -0.1) is 0 Å². The van der Waals surface area contributed by atoms with Crippen molar-refractivity contribution in [3.05, 3.63) is 83.9 Å². The molecule has 0 saturated carbocycles. The number of anilines is 4. The summed E-state index contributed by atoms with van der Waals surface area (Å²) in [6.07, 6.45) is 0. The molecule has 3 rings (SSSR count). The first-order chi connectivity index (χ1) is 13.6. The number of hydrogen-bond donors (Lipinski definition) is 2. The van der Waals surface area contributed by atoms with Gasteiger partial charge in [0.25, 0.3) is 0 Å². The van der Waals surface area contributed by atoms with Crippen LogP contribution in [0.15, 0.2) is 72.8 Å². The van der Waals surface area contributed by atoms with Gasteiger partial charge in [-0.1, -0.05) is 41.5 Å². The zero-order valence-electron chi connectivity index (χ0n) is 16.5. The van der Waals surface area contributed by atoms with Crippen LogP contribution in [0.25, 0.3) is 0 Å². The Bertz CT molecular complexity index is 824. The van der Waals surface area contributed by atoms with E-state index in [1.165, 1.54) is 11.1 Å². The number of benzene rings is 3. The fraction of sp³-hybridized carbons (Fsp3) is 0.250. The zero-order chi connectivity index (χ0) is 19.9. The minimum absolute atomic E-state index is 0.0455. The van der Waals surface area contributed by atoms with Gasteiger partial charge in [0.1, 0.15) is 0 Å². The van der Waals surface area contributed by atoms with Gasteiger partial charge >= 0.3 is 0 Å². The SMILES string of the molecule is Cc1ccc(N(c2ccc(C)cc2)c2cccc(N(CCO)CCO)c2)cc1. The van der Waals surface area contributed by atoms with Crippen molar-refractivity contribution in [2.45, 2.75) is 13.8 Å². The summed E-state index contributed by atoms with van der Waals surface area (Å²) in [4.78, 5) is 4.21. The normalized spacial score (nSPS) is 10.7. The Labute approximate surface area is 167 Å². The molecule has 0 unspecified atom stereocenters. The molecule has 28 heavy (non-hydrogen) atoms. The lowest BCUT2D eigenvalue weighted by Gasteiger charge is -2.28. The molecule has 0 amide bonds. The molecule has 0 spiro atoms. The molecular weight excluding hydrogens is 348 g/mol. The van der Waals surface area contributed by atoms with E-state index in [1.54, 1.807) is 0 Å². The molecule has 4 nitrogen and oxygen atoms in total. The van der Waals surface area contributed by atoms with Crippen LogP contribution in [0, 0.1) is 13.8 Å². The smallest absolute Gasteiger partial charge is 0.0606 e. The predicted octanol–water partition coefficient (Wildman–Crippen LogP) is 4.56. The molecule has 0 atom stereocenters. The first kappa shape index (κ1) is 19.9. The molecule has 0 aromatic heterocycles. The van der Waals surface area contributed by atoms with Gasteiger partial charge in [-0.25, -0.2) is 0 Å². The third-order valence-electron chi connectivity index (χ3n) is 4.78. The van der Waals surface area contributed by atoms with Crippen LogP contribution in [-0.4, -0.2) is 36.5 Å². The van der Waals surface area contributed by atoms with Crippen LogP contribution >= 0.6 is 0 Å². The van der Waals surface area contributed by atoms with Crippen molar-refractivity contribution in [3.63, 3.8) is 0 Å². The molecule has 0 fully saturated rings. The van der Waals surface area contributed by atoms with Gasteiger partial charge in [0.15, 0.2) is 0 Å². The number of hydrogen-bond acceptors (Lipinski definition) is 4. The predicted molar refractivity (Wildman–Crippen MR) is 117 cm³/mol. The summed E-state index contributed by atoms with van der Waals surface area (Å²) in [6.45, 7) is 5.23. The van der Waals surface area contributed by atoms with Gasteiger partial charge < -0.3 is 20.0 Å². The molecular formula is C24H28N2O2. The van der Waals surface area contributed by atoms with Crippen LogP contribution < -0.4 is 9.80 Å². The van der Waals surface area contributed by atoms with Crippen LogP contribution in [0.5, 0.6) is 0 Å². The number of aliphatic hydroxyl groups is 2. The van der Waals surface area contributed by atoms with Gasteiger partial charge in [0.05, 0.1) is 13.2 Å². The second kappa shape index (κ2) is 9.40. The lowest BCUT2D eigenvalue weighted by molar-refractivity contribution is 0.281. The molecule has 0 bridgehead atoms. The van der Waals surface area contributed by atoms with Crippen molar-refractivity contribution < 1.29 is 10.2 Å². The van der Waals surface area contributed by atoms with Crippen molar-refractivity contribution in [1.82, 2.24) is 0 Å². The molecule has 0 aliphatic rings. The third-order valence-corrected chi connectivity index (χ3v) is 4.78. The average molecular weight is 377 g/mol. The number of aliphatic hydroxyl groups excluding tert-OH is 2. The molecule has 3 aromatic rings. The maximum absolute atomic E-state index is 9.38. The largest absolute Gasteiger partial charge is 0.395 e. The lowest BCUT2D eigenvalue weighted by atomic mass is 10.1. The van der Waals surface area contributed by atoms with E-state index < -0.39 is 0 Å². The highest BCUT2D eigenvalue weighted by molar-refractivity contribution is 5.78.